The maximum absolute atomic E-state index is 11.2. The molecule has 2 rings (SSSR count). The summed E-state index contributed by atoms with van der Waals surface area (Å²) in [5.41, 5.74) is 6.12. The second-order valence-corrected chi connectivity index (χ2v) is 13.8. The van der Waals surface area contributed by atoms with Crippen LogP contribution in [-0.4, -0.2) is 10.2 Å². The van der Waals surface area contributed by atoms with Crippen LogP contribution >= 0.6 is 0 Å². The van der Waals surface area contributed by atoms with Crippen molar-refractivity contribution in [3.8, 4) is 11.5 Å². The van der Waals surface area contributed by atoms with E-state index >= 15 is 0 Å². The van der Waals surface area contributed by atoms with Crippen molar-refractivity contribution in [3.05, 3.63) is 57.6 Å². The summed E-state index contributed by atoms with van der Waals surface area (Å²) in [6.45, 7) is 26.0. The van der Waals surface area contributed by atoms with Crippen LogP contribution in [0.2, 0.25) is 0 Å². The topological polar surface area (TPSA) is 40.5 Å². The average Bonchev–Trinajstić information content (AvgIpc) is 2.57. The van der Waals surface area contributed by atoms with E-state index in [1.165, 1.54) is 11.1 Å². The van der Waals surface area contributed by atoms with E-state index in [1.54, 1.807) is 0 Å². The molecule has 0 unspecified atom stereocenters. The van der Waals surface area contributed by atoms with Gasteiger partial charge < -0.3 is 10.2 Å². The molecule has 0 amide bonds. The van der Waals surface area contributed by atoms with Crippen LogP contribution in [0.1, 0.15) is 123 Å². The zero-order valence-electron chi connectivity index (χ0n) is 23.3. The molecule has 0 bridgehead atoms. The van der Waals surface area contributed by atoms with Gasteiger partial charge in [0.1, 0.15) is 11.5 Å². The lowest BCUT2D eigenvalue weighted by Crippen LogP contribution is -2.20. The Morgan fingerprint density at radius 2 is 0.788 bits per heavy atom. The predicted molar refractivity (Wildman–Crippen MR) is 143 cm³/mol. The van der Waals surface area contributed by atoms with Crippen molar-refractivity contribution in [2.45, 2.75) is 124 Å². The van der Waals surface area contributed by atoms with Gasteiger partial charge in [0.2, 0.25) is 0 Å². The van der Waals surface area contributed by atoms with Gasteiger partial charge in [0.05, 0.1) is 0 Å². The highest BCUT2D eigenvalue weighted by Crippen LogP contribution is 2.43. The third kappa shape index (κ3) is 6.14. The van der Waals surface area contributed by atoms with Gasteiger partial charge in [0.15, 0.2) is 0 Å². The lowest BCUT2D eigenvalue weighted by atomic mass is 9.75. The summed E-state index contributed by atoms with van der Waals surface area (Å²) in [7, 11) is 0. The molecule has 2 heteroatoms. The molecule has 0 atom stereocenters. The van der Waals surface area contributed by atoms with Crippen LogP contribution in [-0.2, 0) is 34.5 Å². The van der Waals surface area contributed by atoms with Crippen molar-refractivity contribution in [1.82, 2.24) is 0 Å². The van der Waals surface area contributed by atoms with Crippen LogP contribution in [0.15, 0.2) is 24.3 Å². The highest BCUT2D eigenvalue weighted by Gasteiger charge is 2.29. The Balaban J connectivity index is 2.42. The molecule has 0 saturated carbocycles. The van der Waals surface area contributed by atoms with Crippen LogP contribution in [0.3, 0.4) is 0 Å². The number of phenols is 2. The zero-order valence-corrected chi connectivity index (χ0v) is 23.3. The van der Waals surface area contributed by atoms with Gasteiger partial charge in [0, 0.05) is 11.1 Å². The molecule has 0 spiro atoms. The van der Waals surface area contributed by atoms with Gasteiger partial charge in [-0.1, -0.05) is 107 Å². The van der Waals surface area contributed by atoms with Crippen LogP contribution in [0, 0.1) is 0 Å². The molecule has 0 saturated heterocycles. The number of hydrogen-bond donors (Lipinski definition) is 2. The first-order chi connectivity index (χ1) is 14.8. The van der Waals surface area contributed by atoms with Crippen molar-refractivity contribution in [2.75, 3.05) is 0 Å². The number of rotatable bonds is 4. The lowest BCUT2D eigenvalue weighted by Gasteiger charge is -2.30. The third-order valence-electron chi connectivity index (χ3n) is 6.54. The van der Waals surface area contributed by atoms with Gasteiger partial charge in [-0.2, -0.15) is 0 Å². The molecule has 0 radical (unpaired) electrons. The monoisotopic (exact) mass is 452 g/mol. The normalized spacial score (nSPS) is 13.5. The smallest absolute Gasteiger partial charge is 0.123 e. The van der Waals surface area contributed by atoms with E-state index in [9.17, 15) is 10.2 Å². The molecule has 2 aromatic rings. The summed E-state index contributed by atoms with van der Waals surface area (Å²) in [6, 6.07) is 8.63. The predicted octanol–water partition coefficient (Wildman–Crippen LogP) is 8.46. The van der Waals surface area contributed by atoms with Crippen molar-refractivity contribution < 1.29 is 10.2 Å². The fourth-order valence-electron chi connectivity index (χ4n) is 5.04. The van der Waals surface area contributed by atoms with Gasteiger partial charge >= 0.3 is 0 Å². The van der Waals surface area contributed by atoms with Crippen LogP contribution in [0.25, 0.3) is 0 Å². The molecule has 2 N–H and O–H groups in total. The van der Waals surface area contributed by atoms with Crippen LogP contribution in [0.4, 0.5) is 0 Å². The van der Waals surface area contributed by atoms with Crippen LogP contribution in [0.5, 0.6) is 11.5 Å². The fraction of sp³-hybridized carbons (Fsp3) is 0.613. The highest BCUT2D eigenvalue weighted by atomic mass is 16.3. The molecule has 0 aliphatic rings. The summed E-state index contributed by atoms with van der Waals surface area (Å²) in [4.78, 5) is 0. The largest absolute Gasteiger partial charge is 0.507 e. The molecular formula is C31H48O2. The first-order valence-electron chi connectivity index (χ1n) is 12.5. The quantitative estimate of drug-likeness (QED) is 0.488. The number of hydrogen-bond acceptors (Lipinski definition) is 2. The van der Waals surface area contributed by atoms with Gasteiger partial charge in [-0.25, -0.2) is 0 Å². The van der Waals surface area contributed by atoms with E-state index in [0.29, 0.717) is 11.5 Å². The first kappa shape index (κ1) is 27.3. The summed E-state index contributed by atoms with van der Waals surface area (Å²) < 4.78 is 0. The highest BCUT2D eigenvalue weighted by molar-refractivity contribution is 5.53. The Hall–Kier alpha value is -1.96. The van der Waals surface area contributed by atoms with E-state index < -0.39 is 0 Å². The van der Waals surface area contributed by atoms with E-state index in [-0.39, 0.29) is 21.7 Å². The van der Waals surface area contributed by atoms with Gasteiger partial charge in [0.25, 0.3) is 0 Å². The molecule has 0 aromatic heterocycles. The van der Waals surface area contributed by atoms with Crippen molar-refractivity contribution in [3.63, 3.8) is 0 Å². The van der Waals surface area contributed by atoms with Crippen LogP contribution < -0.4 is 0 Å². The van der Waals surface area contributed by atoms with E-state index in [4.69, 9.17) is 0 Å². The SMILES string of the molecule is CC(C)(C)c1ccc(CCCc2ccc(C(C)(C)C)c(O)c2C(C)(C)C)c(C(C)(C)C)c1O. The van der Waals surface area contributed by atoms with Crippen molar-refractivity contribution in [2.24, 2.45) is 0 Å². The maximum Gasteiger partial charge on any atom is 0.123 e. The third-order valence-corrected chi connectivity index (χ3v) is 6.54. The van der Waals surface area contributed by atoms with Crippen molar-refractivity contribution in [1.29, 1.82) is 0 Å². The van der Waals surface area contributed by atoms with E-state index in [1.807, 2.05) is 0 Å². The Morgan fingerprint density at radius 3 is 1.03 bits per heavy atom. The molecule has 33 heavy (non-hydrogen) atoms. The van der Waals surface area contributed by atoms with Crippen molar-refractivity contribution >= 4 is 0 Å². The Bertz CT molecular complexity index is 903. The molecule has 0 aliphatic heterocycles. The molecule has 2 aromatic carbocycles. The number of aromatic hydroxyl groups is 2. The minimum atomic E-state index is -0.135. The number of benzene rings is 2. The maximum atomic E-state index is 11.2. The second-order valence-electron chi connectivity index (χ2n) is 13.8. The minimum absolute atomic E-state index is 0.101. The van der Waals surface area contributed by atoms with Gasteiger partial charge in [-0.05, 0) is 63.2 Å². The lowest BCUT2D eigenvalue weighted by molar-refractivity contribution is 0.420. The average molecular weight is 453 g/mol. The summed E-state index contributed by atoms with van der Waals surface area (Å²) in [5.74, 6) is 0.908. The molecule has 0 heterocycles. The van der Waals surface area contributed by atoms with E-state index in [2.05, 4.69) is 107 Å². The zero-order chi connectivity index (χ0) is 25.6. The standard InChI is InChI=1S/C31H48O2/c1-28(2,3)22-18-16-20(24(26(22)32)30(7,8)9)14-13-15-21-17-19-23(29(4,5)6)27(33)25(21)31(10,11)12/h16-19,32-33H,13-15H2,1-12H3. The summed E-state index contributed by atoms with van der Waals surface area (Å²) in [5, 5.41) is 22.4. The fourth-order valence-corrected chi connectivity index (χ4v) is 5.04. The van der Waals surface area contributed by atoms with Gasteiger partial charge in [-0.3, -0.25) is 0 Å². The molecule has 0 aliphatic carbocycles. The number of aryl methyl sites for hydroxylation is 2. The molecule has 0 fully saturated rings. The van der Waals surface area contributed by atoms with E-state index in [0.717, 1.165) is 41.5 Å². The minimum Gasteiger partial charge on any atom is -0.507 e. The Kier molecular flexibility index (Phi) is 7.45. The Morgan fingerprint density at radius 1 is 0.485 bits per heavy atom. The summed E-state index contributed by atoms with van der Waals surface area (Å²) in [6.07, 6.45) is 2.76. The second kappa shape index (κ2) is 9.01. The molecule has 184 valence electrons. The van der Waals surface area contributed by atoms with Gasteiger partial charge in [-0.15, -0.1) is 0 Å². The Labute approximate surface area is 203 Å². The first-order valence-corrected chi connectivity index (χ1v) is 12.5. The molecular weight excluding hydrogens is 404 g/mol. The molecule has 2 nitrogen and oxygen atoms in total. The number of phenolic OH excluding ortho intramolecular Hbond substituents is 2. The summed E-state index contributed by atoms with van der Waals surface area (Å²) >= 11 is 0.